The molecule has 0 aromatic carbocycles. The largest absolute Gasteiger partial charge is 0.348 e. The van der Waals surface area contributed by atoms with Crippen molar-refractivity contribution in [1.82, 2.24) is 10.3 Å². The quantitative estimate of drug-likeness (QED) is 0.613. The molecule has 1 rings (SSSR count). The molecule has 0 aliphatic rings. The molecule has 0 aliphatic carbocycles. The SMILES string of the molecule is C=C/C=C(\C=C)CNC(=O)/C=C/c1ccncc1. The van der Waals surface area contributed by atoms with Crippen molar-refractivity contribution in [2.24, 2.45) is 0 Å². The number of rotatable bonds is 6. The third-order valence-corrected chi connectivity index (χ3v) is 2.19. The fraction of sp³-hybridized carbons (Fsp3) is 0.0667. The highest BCUT2D eigenvalue weighted by Crippen LogP contribution is 1.99. The lowest BCUT2D eigenvalue weighted by molar-refractivity contribution is -0.116. The van der Waals surface area contributed by atoms with E-state index in [-0.39, 0.29) is 5.91 Å². The molecule has 0 spiro atoms. The van der Waals surface area contributed by atoms with Gasteiger partial charge in [-0.2, -0.15) is 0 Å². The lowest BCUT2D eigenvalue weighted by atomic mass is 10.2. The summed E-state index contributed by atoms with van der Waals surface area (Å²) in [6.45, 7) is 7.69. The van der Waals surface area contributed by atoms with Gasteiger partial charge in [0, 0.05) is 25.0 Å². The molecule has 1 amide bonds. The van der Waals surface area contributed by atoms with Crippen molar-refractivity contribution in [2.45, 2.75) is 0 Å². The number of pyridine rings is 1. The fourth-order valence-corrected chi connectivity index (χ4v) is 1.25. The van der Waals surface area contributed by atoms with Crippen molar-refractivity contribution >= 4 is 12.0 Å². The smallest absolute Gasteiger partial charge is 0.244 e. The van der Waals surface area contributed by atoms with Crippen molar-refractivity contribution in [3.05, 3.63) is 73.1 Å². The maximum absolute atomic E-state index is 11.5. The van der Waals surface area contributed by atoms with Gasteiger partial charge in [0.15, 0.2) is 0 Å². The Hall–Kier alpha value is -2.42. The van der Waals surface area contributed by atoms with Crippen LogP contribution in [0.2, 0.25) is 0 Å². The van der Waals surface area contributed by atoms with Crippen LogP contribution in [0.25, 0.3) is 6.08 Å². The van der Waals surface area contributed by atoms with Crippen LogP contribution in [0.5, 0.6) is 0 Å². The van der Waals surface area contributed by atoms with Gasteiger partial charge in [0.2, 0.25) is 5.91 Å². The van der Waals surface area contributed by atoms with Crippen LogP contribution in [-0.4, -0.2) is 17.4 Å². The normalized spacial score (nSPS) is 11.2. The first-order chi connectivity index (χ1) is 8.76. The molecule has 1 heterocycles. The van der Waals surface area contributed by atoms with E-state index in [9.17, 15) is 4.79 Å². The van der Waals surface area contributed by atoms with Gasteiger partial charge >= 0.3 is 0 Å². The average Bonchev–Trinajstić information content (AvgIpc) is 2.42. The monoisotopic (exact) mass is 240 g/mol. The van der Waals surface area contributed by atoms with Gasteiger partial charge in [0.1, 0.15) is 0 Å². The Labute approximate surface area is 107 Å². The number of carbonyl (C=O) groups is 1. The van der Waals surface area contributed by atoms with Gasteiger partial charge in [-0.3, -0.25) is 9.78 Å². The van der Waals surface area contributed by atoms with Crippen LogP contribution in [0.4, 0.5) is 0 Å². The molecule has 1 aromatic rings. The van der Waals surface area contributed by atoms with E-state index < -0.39 is 0 Å². The summed E-state index contributed by atoms with van der Waals surface area (Å²) in [6, 6.07) is 3.66. The molecule has 3 nitrogen and oxygen atoms in total. The number of aromatic nitrogens is 1. The van der Waals surface area contributed by atoms with E-state index in [4.69, 9.17) is 0 Å². The topological polar surface area (TPSA) is 42.0 Å². The summed E-state index contributed by atoms with van der Waals surface area (Å²) in [6.07, 6.45) is 11.7. The molecular formula is C15H16N2O. The molecule has 1 N–H and O–H groups in total. The molecule has 0 aliphatic heterocycles. The number of carbonyl (C=O) groups excluding carboxylic acids is 1. The maximum atomic E-state index is 11.5. The highest BCUT2D eigenvalue weighted by Gasteiger charge is 1.96. The van der Waals surface area contributed by atoms with Crippen molar-refractivity contribution < 1.29 is 4.79 Å². The van der Waals surface area contributed by atoms with Crippen LogP contribution in [-0.2, 0) is 4.79 Å². The summed E-state index contributed by atoms with van der Waals surface area (Å²) in [4.78, 5) is 15.4. The first kappa shape index (κ1) is 13.6. The van der Waals surface area contributed by atoms with E-state index in [2.05, 4.69) is 23.5 Å². The third-order valence-electron chi connectivity index (χ3n) is 2.19. The second kappa shape index (κ2) is 7.79. The van der Waals surface area contributed by atoms with E-state index in [1.165, 1.54) is 6.08 Å². The molecule has 1 aromatic heterocycles. The number of nitrogens with zero attached hydrogens (tertiary/aromatic N) is 1. The minimum Gasteiger partial charge on any atom is -0.348 e. The zero-order valence-corrected chi connectivity index (χ0v) is 10.2. The third kappa shape index (κ3) is 5.07. The summed E-state index contributed by atoms with van der Waals surface area (Å²) in [5, 5.41) is 2.76. The number of nitrogens with one attached hydrogen (secondary N) is 1. The molecule has 18 heavy (non-hydrogen) atoms. The van der Waals surface area contributed by atoms with Crippen molar-refractivity contribution in [2.75, 3.05) is 6.54 Å². The molecule has 0 unspecified atom stereocenters. The van der Waals surface area contributed by atoms with Gasteiger partial charge in [-0.25, -0.2) is 0 Å². The molecule has 0 bridgehead atoms. The minimum atomic E-state index is -0.149. The van der Waals surface area contributed by atoms with E-state index in [0.29, 0.717) is 6.54 Å². The van der Waals surface area contributed by atoms with Gasteiger partial charge in [-0.15, -0.1) is 0 Å². The maximum Gasteiger partial charge on any atom is 0.244 e. The van der Waals surface area contributed by atoms with Gasteiger partial charge in [-0.05, 0) is 29.3 Å². The summed E-state index contributed by atoms with van der Waals surface area (Å²) >= 11 is 0. The van der Waals surface area contributed by atoms with E-state index in [1.807, 2.05) is 12.1 Å². The van der Waals surface area contributed by atoms with Crippen LogP contribution in [0, 0.1) is 0 Å². The highest BCUT2D eigenvalue weighted by molar-refractivity contribution is 5.91. The Morgan fingerprint density at radius 2 is 2.06 bits per heavy atom. The molecule has 0 radical (unpaired) electrons. The summed E-state index contributed by atoms with van der Waals surface area (Å²) in [5.41, 5.74) is 1.85. The number of amides is 1. The average molecular weight is 240 g/mol. The van der Waals surface area contributed by atoms with Crippen molar-refractivity contribution in [1.29, 1.82) is 0 Å². The van der Waals surface area contributed by atoms with Crippen LogP contribution >= 0.6 is 0 Å². The first-order valence-electron chi connectivity index (χ1n) is 5.56. The minimum absolute atomic E-state index is 0.149. The van der Waals surface area contributed by atoms with Gasteiger partial charge in [0.05, 0.1) is 0 Å². The fourth-order valence-electron chi connectivity index (χ4n) is 1.25. The van der Waals surface area contributed by atoms with Crippen LogP contribution < -0.4 is 5.32 Å². The van der Waals surface area contributed by atoms with E-state index in [1.54, 1.807) is 36.7 Å². The molecule has 0 saturated heterocycles. The molecular weight excluding hydrogens is 224 g/mol. The lowest BCUT2D eigenvalue weighted by Crippen LogP contribution is -2.22. The second-order valence-corrected chi connectivity index (χ2v) is 3.51. The Bertz CT molecular complexity index is 473. The lowest BCUT2D eigenvalue weighted by Gasteiger charge is -2.02. The van der Waals surface area contributed by atoms with E-state index in [0.717, 1.165) is 11.1 Å². The Morgan fingerprint density at radius 3 is 2.67 bits per heavy atom. The molecule has 0 saturated carbocycles. The molecule has 3 heteroatoms. The number of hydrogen-bond donors (Lipinski definition) is 1. The summed E-state index contributed by atoms with van der Waals surface area (Å²) in [7, 11) is 0. The van der Waals surface area contributed by atoms with E-state index >= 15 is 0 Å². The second-order valence-electron chi connectivity index (χ2n) is 3.51. The zero-order valence-electron chi connectivity index (χ0n) is 10.2. The van der Waals surface area contributed by atoms with Crippen molar-refractivity contribution in [3.63, 3.8) is 0 Å². The number of hydrogen-bond acceptors (Lipinski definition) is 2. The van der Waals surface area contributed by atoms with Crippen LogP contribution in [0.3, 0.4) is 0 Å². The van der Waals surface area contributed by atoms with Gasteiger partial charge < -0.3 is 5.32 Å². The van der Waals surface area contributed by atoms with Gasteiger partial charge in [0.25, 0.3) is 0 Å². The summed E-state index contributed by atoms with van der Waals surface area (Å²) < 4.78 is 0. The highest BCUT2D eigenvalue weighted by atomic mass is 16.1. The predicted molar refractivity (Wildman–Crippen MR) is 74.8 cm³/mol. The van der Waals surface area contributed by atoms with Crippen LogP contribution in [0.15, 0.2) is 67.6 Å². The Balaban J connectivity index is 2.47. The first-order valence-corrected chi connectivity index (χ1v) is 5.56. The van der Waals surface area contributed by atoms with Crippen molar-refractivity contribution in [3.8, 4) is 0 Å². The zero-order chi connectivity index (χ0) is 13.2. The number of allylic oxidation sites excluding steroid dienone is 2. The van der Waals surface area contributed by atoms with Crippen LogP contribution in [0.1, 0.15) is 5.56 Å². The molecule has 92 valence electrons. The Morgan fingerprint density at radius 1 is 1.33 bits per heavy atom. The molecule has 0 fully saturated rings. The molecule has 0 atom stereocenters. The standard InChI is InChI=1S/C15H16N2O/c1-3-5-13(4-2)12-17-15(18)7-6-14-8-10-16-11-9-14/h3-11H,1-2,12H2,(H,17,18)/b7-6+,13-5+. The Kier molecular flexibility index (Phi) is 5.90. The van der Waals surface area contributed by atoms with Gasteiger partial charge in [-0.1, -0.05) is 31.4 Å². The summed E-state index contributed by atoms with van der Waals surface area (Å²) in [5.74, 6) is -0.149. The predicted octanol–water partition coefficient (Wildman–Crippen LogP) is 2.51.